The van der Waals surface area contributed by atoms with E-state index < -0.39 is 0 Å². The van der Waals surface area contributed by atoms with Crippen LogP contribution < -0.4 is 15.5 Å². The number of hydrogen-bond acceptors (Lipinski definition) is 4. The standard InChI is InChI=1S/C16H22N4OS/c1-12-10-18-15(22-12)7-8-17-16(21)19-11-13-5-4-6-14(9-13)20(2)3/h4-6,9-10H,7-8,11H2,1-3H3,(H2,17,19,21). The van der Waals surface area contributed by atoms with Crippen molar-refractivity contribution < 1.29 is 4.79 Å². The number of aryl methyl sites for hydroxylation is 1. The highest BCUT2D eigenvalue weighted by atomic mass is 32.1. The van der Waals surface area contributed by atoms with Crippen molar-refractivity contribution in [1.82, 2.24) is 15.6 Å². The second-order valence-corrected chi connectivity index (χ2v) is 6.61. The zero-order valence-electron chi connectivity index (χ0n) is 13.2. The number of anilines is 1. The molecule has 2 N–H and O–H groups in total. The van der Waals surface area contributed by atoms with Crippen LogP contribution >= 0.6 is 11.3 Å². The fourth-order valence-electron chi connectivity index (χ4n) is 1.99. The molecule has 0 aliphatic carbocycles. The molecule has 2 aromatic rings. The quantitative estimate of drug-likeness (QED) is 0.860. The normalized spacial score (nSPS) is 10.3. The third kappa shape index (κ3) is 5.04. The van der Waals surface area contributed by atoms with E-state index in [0.29, 0.717) is 13.1 Å². The summed E-state index contributed by atoms with van der Waals surface area (Å²) in [5.74, 6) is 0. The lowest BCUT2D eigenvalue weighted by Gasteiger charge is -2.14. The van der Waals surface area contributed by atoms with Gasteiger partial charge in [0.05, 0.1) is 5.01 Å². The molecule has 118 valence electrons. The van der Waals surface area contributed by atoms with Crippen LogP contribution in [0.2, 0.25) is 0 Å². The zero-order chi connectivity index (χ0) is 15.9. The van der Waals surface area contributed by atoms with Gasteiger partial charge in [0, 0.05) is 50.4 Å². The minimum atomic E-state index is -0.150. The average molecular weight is 318 g/mol. The first-order valence-electron chi connectivity index (χ1n) is 7.24. The van der Waals surface area contributed by atoms with Crippen molar-refractivity contribution >= 4 is 23.1 Å². The van der Waals surface area contributed by atoms with Crippen LogP contribution in [0.25, 0.3) is 0 Å². The maximum atomic E-state index is 11.8. The van der Waals surface area contributed by atoms with E-state index in [1.807, 2.05) is 50.3 Å². The van der Waals surface area contributed by atoms with E-state index in [-0.39, 0.29) is 6.03 Å². The van der Waals surface area contributed by atoms with Crippen LogP contribution in [0.3, 0.4) is 0 Å². The Morgan fingerprint density at radius 2 is 2.14 bits per heavy atom. The smallest absolute Gasteiger partial charge is 0.315 e. The molecule has 0 bridgehead atoms. The Morgan fingerprint density at radius 1 is 1.32 bits per heavy atom. The topological polar surface area (TPSA) is 57.3 Å². The number of thiazole rings is 1. The third-order valence-corrected chi connectivity index (χ3v) is 4.15. The molecular formula is C16H22N4OS. The zero-order valence-corrected chi connectivity index (χ0v) is 14.0. The Balaban J connectivity index is 1.72. The Hall–Kier alpha value is -2.08. The molecule has 0 saturated carbocycles. The summed E-state index contributed by atoms with van der Waals surface area (Å²) in [6.45, 7) is 3.14. The number of nitrogens with zero attached hydrogens (tertiary/aromatic N) is 2. The molecule has 0 spiro atoms. The monoisotopic (exact) mass is 318 g/mol. The molecule has 2 rings (SSSR count). The number of benzene rings is 1. The molecular weight excluding hydrogens is 296 g/mol. The van der Waals surface area contributed by atoms with E-state index in [0.717, 1.165) is 22.7 Å². The highest BCUT2D eigenvalue weighted by Crippen LogP contribution is 2.13. The van der Waals surface area contributed by atoms with Gasteiger partial charge in [0.2, 0.25) is 0 Å². The van der Waals surface area contributed by atoms with E-state index in [9.17, 15) is 4.79 Å². The Labute approximate surface area is 135 Å². The van der Waals surface area contributed by atoms with E-state index in [4.69, 9.17) is 0 Å². The summed E-state index contributed by atoms with van der Waals surface area (Å²) in [5.41, 5.74) is 2.20. The second kappa shape index (κ2) is 7.79. The van der Waals surface area contributed by atoms with Gasteiger partial charge in [-0.2, -0.15) is 0 Å². The van der Waals surface area contributed by atoms with Gasteiger partial charge in [0.25, 0.3) is 0 Å². The first-order valence-corrected chi connectivity index (χ1v) is 8.05. The van der Waals surface area contributed by atoms with Gasteiger partial charge in [0.15, 0.2) is 0 Å². The van der Waals surface area contributed by atoms with Crippen LogP contribution in [0.4, 0.5) is 10.5 Å². The molecule has 0 atom stereocenters. The molecule has 0 saturated heterocycles. The molecule has 6 heteroatoms. The molecule has 1 heterocycles. The van der Waals surface area contributed by atoms with Gasteiger partial charge in [0.1, 0.15) is 0 Å². The van der Waals surface area contributed by atoms with Crippen LogP contribution in [0.5, 0.6) is 0 Å². The summed E-state index contributed by atoms with van der Waals surface area (Å²) in [5, 5.41) is 6.78. The van der Waals surface area contributed by atoms with Gasteiger partial charge in [-0.25, -0.2) is 9.78 Å². The summed E-state index contributed by atoms with van der Waals surface area (Å²) < 4.78 is 0. The molecule has 0 fully saturated rings. The van der Waals surface area contributed by atoms with Gasteiger partial charge < -0.3 is 15.5 Å². The second-order valence-electron chi connectivity index (χ2n) is 5.29. The first kappa shape index (κ1) is 16.3. The van der Waals surface area contributed by atoms with Gasteiger partial charge in [-0.15, -0.1) is 11.3 Å². The summed E-state index contributed by atoms with van der Waals surface area (Å²) in [4.78, 5) is 19.3. The van der Waals surface area contributed by atoms with E-state index in [2.05, 4.69) is 21.7 Å². The first-order chi connectivity index (χ1) is 10.5. The number of rotatable bonds is 6. The summed E-state index contributed by atoms with van der Waals surface area (Å²) in [6.07, 6.45) is 2.62. The fourth-order valence-corrected chi connectivity index (χ4v) is 2.78. The van der Waals surface area contributed by atoms with Gasteiger partial charge in [-0.05, 0) is 24.6 Å². The van der Waals surface area contributed by atoms with Crippen LogP contribution in [-0.2, 0) is 13.0 Å². The highest BCUT2D eigenvalue weighted by Gasteiger charge is 2.03. The molecule has 0 unspecified atom stereocenters. The van der Waals surface area contributed by atoms with Crippen molar-refractivity contribution in [1.29, 1.82) is 0 Å². The lowest BCUT2D eigenvalue weighted by Crippen LogP contribution is -2.36. The Morgan fingerprint density at radius 3 is 2.82 bits per heavy atom. The van der Waals surface area contributed by atoms with Crippen LogP contribution in [-0.4, -0.2) is 31.7 Å². The number of amides is 2. The number of aromatic nitrogens is 1. The third-order valence-electron chi connectivity index (χ3n) is 3.17. The van der Waals surface area contributed by atoms with Crippen molar-refractivity contribution in [2.75, 3.05) is 25.5 Å². The van der Waals surface area contributed by atoms with Crippen molar-refractivity contribution in [3.05, 3.63) is 45.9 Å². The number of carbonyl (C=O) groups is 1. The SMILES string of the molecule is Cc1cnc(CCNC(=O)NCc2cccc(N(C)C)c2)s1. The Bertz CT molecular complexity index is 624. The minimum Gasteiger partial charge on any atom is -0.378 e. The lowest BCUT2D eigenvalue weighted by atomic mass is 10.2. The van der Waals surface area contributed by atoms with Gasteiger partial charge in [-0.1, -0.05) is 12.1 Å². The molecule has 0 aliphatic rings. The molecule has 2 amide bonds. The van der Waals surface area contributed by atoms with Crippen LogP contribution in [0, 0.1) is 6.92 Å². The highest BCUT2D eigenvalue weighted by molar-refractivity contribution is 7.11. The van der Waals surface area contributed by atoms with Crippen LogP contribution in [0.15, 0.2) is 30.5 Å². The molecule has 0 aliphatic heterocycles. The van der Waals surface area contributed by atoms with E-state index in [1.165, 1.54) is 4.88 Å². The lowest BCUT2D eigenvalue weighted by molar-refractivity contribution is 0.240. The number of carbonyl (C=O) groups excluding carboxylic acids is 1. The van der Waals surface area contributed by atoms with Crippen molar-refractivity contribution in [3.8, 4) is 0 Å². The molecule has 0 radical (unpaired) electrons. The average Bonchev–Trinajstić information content (AvgIpc) is 2.91. The summed E-state index contributed by atoms with van der Waals surface area (Å²) >= 11 is 1.67. The molecule has 1 aromatic carbocycles. The maximum absolute atomic E-state index is 11.8. The molecule has 5 nitrogen and oxygen atoms in total. The fraction of sp³-hybridized carbons (Fsp3) is 0.375. The number of nitrogens with one attached hydrogen (secondary N) is 2. The van der Waals surface area contributed by atoms with Crippen LogP contribution in [0.1, 0.15) is 15.4 Å². The van der Waals surface area contributed by atoms with E-state index >= 15 is 0 Å². The summed E-state index contributed by atoms with van der Waals surface area (Å²) in [6, 6.07) is 7.96. The van der Waals surface area contributed by atoms with Crippen molar-refractivity contribution in [2.45, 2.75) is 19.9 Å². The predicted molar refractivity (Wildman–Crippen MR) is 91.6 cm³/mol. The predicted octanol–water partition coefficient (Wildman–Crippen LogP) is 2.56. The Kier molecular flexibility index (Phi) is 5.77. The van der Waals surface area contributed by atoms with Crippen molar-refractivity contribution in [2.24, 2.45) is 0 Å². The summed E-state index contributed by atoms with van der Waals surface area (Å²) in [7, 11) is 4.00. The van der Waals surface area contributed by atoms with Crippen molar-refractivity contribution in [3.63, 3.8) is 0 Å². The van der Waals surface area contributed by atoms with Gasteiger partial charge in [-0.3, -0.25) is 0 Å². The number of hydrogen-bond donors (Lipinski definition) is 2. The van der Waals surface area contributed by atoms with Gasteiger partial charge >= 0.3 is 6.03 Å². The minimum absolute atomic E-state index is 0.150. The molecule has 22 heavy (non-hydrogen) atoms. The number of urea groups is 1. The molecule has 1 aromatic heterocycles. The largest absolute Gasteiger partial charge is 0.378 e. The van der Waals surface area contributed by atoms with E-state index in [1.54, 1.807) is 11.3 Å². The maximum Gasteiger partial charge on any atom is 0.315 e.